The number of rotatable bonds is 6. The molecule has 0 radical (unpaired) electrons. The quantitative estimate of drug-likeness (QED) is 0.865. The van der Waals surface area contributed by atoms with Crippen LogP contribution in [0.1, 0.15) is 18.4 Å². The van der Waals surface area contributed by atoms with E-state index in [1.54, 1.807) is 18.2 Å². The normalized spacial score (nSPS) is 10.5. The second-order valence-electron chi connectivity index (χ2n) is 3.79. The lowest BCUT2D eigenvalue weighted by atomic mass is 10.3. The summed E-state index contributed by atoms with van der Waals surface area (Å²) in [7, 11) is 0. The molecule has 1 heterocycles. The molecule has 0 atom stereocenters. The minimum absolute atomic E-state index is 0.365. The first-order chi connectivity index (χ1) is 9.19. The van der Waals surface area contributed by atoms with Crippen LogP contribution < -0.4 is 10.1 Å². The Labute approximate surface area is 125 Å². The van der Waals surface area contributed by atoms with Crippen molar-refractivity contribution >= 4 is 39.7 Å². The summed E-state index contributed by atoms with van der Waals surface area (Å²) in [5, 5.41) is 13.9. The van der Waals surface area contributed by atoms with E-state index in [2.05, 4.69) is 22.4 Å². The minimum atomic E-state index is 0.365. The van der Waals surface area contributed by atoms with Crippen LogP contribution in [-0.4, -0.2) is 16.7 Å². The van der Waals surface area contributed by atoms with E-state index in [9.17, 15) is 0 Å². The zero-order valence-corrected chi connectivity index (χ0v) is 12.6. The maximum Gasteiger partial charge on any atom is 0.205 e. The van der Waals surface area contributed by atoms with E-state index < -0.39 is 0 Å². The molecule has 0 fully saturated rings. The Morgan fingerprint density at radius 1 is 1.26 bits per heavy atom. The number of halogens is 2. The van der Waals surface area contributed by atoms with Crippen LogP contribution >= 0.6 is 34.5 Å². The average molecular weight is 318 g/mol. The summed E-state index contributed by atoms with van der Waals surface area (Å²) >= 11 is 13.2. The molecule has 1 aromatic heterocycles. The third-order valence-corrected chi connectivity index (χ3v) is 3.84. The molecule has 0 bridgehead atoms. The molecule has 0 aliphatic heterocycles. The van der Waals surface area contributed by atoms with E-state index in [1.807, 2.05) is 0 Å². The number of nitrogens with one attached hydrogen (secondary N) is 1. The maximum absolute atomic E-state index is 5.91. The predicted molar refractivity (Wildman–Crippen MR) is 79.5 cm³/mol. The predicted octanol–water partition coefficient (Wildman–Crippen LogP) is 4.25. The molecule has 102 valence electrons. The lowest BCUT2D eigenvalue weighted by Crippen LogP contribution is -1.98. The molecule has 2 rings (SSSR count). The van der Waals surface area contributed by atoms with Gasteiger partial charge in [0, 0.05) is 12.6 Å². The van der Waals surface area contributed by atoms with Crippen LogP contribution in [-0.2, 0) is 6.61 Å². The molecular weight excluding hydrogens is 305 g/mol. The Kier molecular flexibility index (Phi) is 5.24. The van der Waals surface area contributed by atoms with E-state index >= 15 is 0 Å². The standard InChI is InChI=1S/C12H13Cl2N3OS/c1-2-5-15-12-17-16-11(19-12)7-18-8-3-4-9(13)10(14)6-8/h3-4,6H,2,5,7H2,1H3,(H,15,17). The number of benzene rings is 1. The Balaban J connectivity index is 1.91. The smallest absolute Gasteiger partial charge is 0.205 e. The number of aromatic nitrogens is 2. The van der Waals surface area contributed by atoms with Gasteiger partial charge in [0.25, 0.3) is 0 Å². The van der Waals surface area contributed by atoms with Gasteiger partial charge in [0.2, 0.25) is 5.13 Å². The Morgan fingerprint density at radius 3 is 2.84 bits per heavy atom. The van der Waals surface area contributed by atoms with Crippen molar-refractivity contribution in [1.82, 2.24) is 10.2 Å². The summed E-state index contributed by atoms with van der Waals surface area (Å²) in [6, 6.07) is 5.15. The summed E-state index contributed by atoms with van der Waals surface area (Å²) in [6.45, 7) is 3.36. The van der Waals surface area contributed by atoms with E-state index in [0.717, 1.165) is 23.1 Å². The molecule has 0 aliphatic rings. The second-order valence-corrected chi connectivity index (χ2v) is 5.67. The summed E-state index contributed by atoms with van der Waals surface area (Å²) < 4.78 is 5.58. The van der Waals surface area contributed by atoms with Crippen molar-refractivity contribution in [3.8, 4) is 5.75 Å². The number of nitrogens with zero attached hydrogens (tertiary/aromatic N) is 2. The van der Waals surface area contributed by atoms with Gasteiger partial charge < -0.3 is 10.1 Å². The fourth-order valence-corrected chi connectivity index (χ4v) is 2.29. The van der Waals surface area contributed by atoms with Crippen LogP contribution in [0.5, 0.6) is 5.75 Å². The summed E-state index contributed by atoms with van der Waals surface area (Å²) in [5.41, 5.74) is 0. The number of hydrogen-bond acceptors (Lipinski definition) is 5. The molecule has 0 saturated heterocycles. The molecular formula is C12H13Cl2N3OS. The van der Waals surface area contributed by atoms with E-state index in [1.165, 1.54) is 11.3 Å². The number of hydrogen-bond donors (Lipinski definition) is 1. The molecule has 0 saturated carbocycles. The summed E-state index contributed by atoms with van der Waals surface area (Å²) in [6.07, 6.45) is 1.05. The van der Waals surface area contributed by atoms with Gasteiger partial charge in [-0.15, -0.1) is 10.2 Å². The van der Waals surface area contributed by atoms with Gasteiger partial charge in [-0.1, -0.05) is 41.5 Å². The van der Waals surface area contributed by atoms with Gasteiger partial charge in [0.15, 0.2) is 5.01 Å². The summed E-state index contributed by atoms with van der Waals surface area (Å²) in [5.74, 6) is 0.660. The van der Waals surface area contributed by atoms with Crippen molar-refractivity contribution in [1.29, 1.82) is 0 Å². The van der Waals surface area contributed by atoms with Gasteiger partial charge in [-0.25, -0.2) is 0 Å². The van der Waals surface area contributed by atoms with Gasteiger partial charge in [0.05, 0.1) is 10.0 Å². The fraction of sp³-hybridized carbons (Fsp3) is 0.333. The Hall–Kier alpha value is -1.04. The molecule has 19 heavy (non-hydrogen) atoms. The lowest BCUT2D eigenvalue weighted by molar-refractivity contribution is 0.304. The van der Waals surface area contributed by atoms with Crippen LogP contribution in [0.3, 0.4) is 0 Å². The van der Waals surface area contributed by atoms with Crippen molar-refractivity contribution < 1.29 is 4.74 Å². The summed E-state index contributed by atoms with van der Waals surface area (Å²) in [4.78, 5) is 0. The van der Waals surface area contributed by atoms with Gasteiger partial charge in [-0.3, -0.25) is 0 Å². The first-order valence-electron chi connectivity index (χ1n) is 5.83. The highest BCUT2D eigenvalue weighted by atomic mass is 35.5. The molecule has 2 aromatic rings. The largest absolute Gasteiger partial charge is 0.486 e. The highest BCUT2D eigenvalue weighted by molar-refractivity contribution is 7.15. The van der Waals surface area contributed by atoms with Gasteiger partial charge in [-0.2, -0.15) is 0 Å². The first kappa shape index (κ1) is 14.4. The molecule has 0 amide bonds. The zero-order chi connectivity index (χ0) is 13.7. The molecule has 7 heteroatoms. The minimum Gasteiger partial charge on any atom is -0.486 e. The van der Waals surface area contributed by atoms with Gasteiger partial charge in [-0.05, 0) is 18.6 Å². The average Bonchev–Trinajstić information content (AvgIpc) is 2.86. The maximum atomic E-state index is 5.91. The van der Waals surface area contributed by atoms with E-state index in [0.29, 0.717) is 22.4 Å². The van der Waals surface area contributed by atoms with Crippen molar-refractivity contribution in [2.45, 2.75) is 20.0 Å². The van der Waals surface area contributed by atoms with Gasteiger partial charge >= 0.3 is 0 Å². The van der Waals surface area contributed by atoms with Crippen LogP contribution in [0, 0.1) is 0 Å². The van der Waals surface area contributed by atoms with Crippen LogP contribution in [0.15, 0.2) is 18.2 Å². The number of ether oxygens (including phenoxy) is 1. The van der Waals surface area contributed by atoms with Gasteiger partial charge in [0.1, 0.15) is 12.4 Å². The van der Waals surface area contributed by atoms with Crippen LogP contribution in [0.25, 0.3) is 0 Å². The SMILES string of the molecule is CCCNc1nnc(COc2ccc(Cl)c(Cl)c2)s1. The van der Waals surface area contributed by atoms with Crippen LogP contribution in [0.4, 0.5) is 5.13 Å². The molecule has 4 nitrogen and oxygen atoms in total. The molecule has 0 aliphatic carbocycles. The number of anilines is 1. The van der Waals surface area contributed by atoms with Crippen molar-refractivity contribution in [3.05, 3.63) is 33.3 Å². The lowest BCUT2D eigenvalue weighted by Gasteiger charge is -2.04. The van der Waals surface area contributed by atoms with Crippen molar-refractivity contribution in [2.24, 2.45) is 0 Å². The zero-order valence-electron chi connectivity index (χ0n) is 10.3. The van der Waals surface area contributed by atoms with E-state index in [4.69, 9.17) is 27.9 Å². The van der Waals surface area contributed by atoms with Crippen molar-refractivity contribution in [3.63, 3.8) is 0 Å². The second kappa shape index (κ2) is 6.93. The highest BCUT2D eigenvalue weighted by Gasteiger charge is 2.05. The first-order valence-corrected chi connectivity index (χ1v) is 7.40. The van der Waals surface area contributed by atoms with Crippen LogP contribution in [0.2, 0.25) is 10.0 Å². The molecule has 1 N–H and O–H groups in total. The monoisotopic (exact) mass is 317 g/mol. The highest BCUT2D eigenvalue weighted by Crippen LogP contribution is 2.27. The molecule has 0 spiro atoms. The van der Waals surface area contributed by atoms with E-state index in [-0.39, 0.29) is 0 Å². The topological polar surface area (TPSA) is 47.0 Å². The Bertz CT molecular complexity index is 548. The van der Waals surface area contributed by atoms with Crippen molar-refractivity contribution in [2.75, 3.05) is 11.9 Å². The third-order valence-electron chi connectivity index (χ3n) is 2.25. The molecule has 1 aromatic carbocycles. The Morgan fingerprint density at radius 2 is 2.11 bits per heavy atom. The third kappa shape index (κ3) is 4.23. The molecule has 0 unspecified atom stereocenters. The fourth-order valence-electron chi connectivity index (χ4n) is 1.33.